The quantitative estimate of drug-likeness (QED) is 0.445. The number of nitrogens with two attached hydrogens (primary N) is 1. The number of hydrogen-bond donors (Lipinski definition) is 1. The van der Waals surface area contributed by atoms with E-state index in [1.165, 1.54) is 0 Å². The molecule has 1 atom stereocenters. The molecule has 2 aromatic rings. The summed E-state index contributed by atoms with van der Waals surface area (Å²) in [5.74, 6) is -0.596. The molecule has 0 saturated heterocycles. The Morgan fingerprint density at radius 2 is 1.29 bits per heavy atom. The van der Waals surface area contributed by atoms with Crippen LogP contribution in [0.3, 0.4) is 0 Å². The predicted octanol–water partition coefficient (Wildman–Crippen LogP) is 3.34. The Kier molecular flexibility index (Phi) is 9.75. The van der Waals surface area contributed by atoms with Gasteiger partial charge in [0.2, 0.25) is 0 Å². The van der Waals surface area contributed by atoms with Crippen molar-refractivity contribution in [2.75, 3.05) is 6.61 Å². The van der Waals surface area contributed by atoms with Crippen LogP contribution in [0.25, 0.3) is 0 Å². The highest BCUT2D eigenvalue weighted by Crippen LogP contribution is 2.06. The first kappa shape index (κ1) is 21.6. The first-order valence-corrected chi connectivity index (χ1v) is 9.40. The van der Waals surface area contributed by atoms with Crippen LogP contribution in [0.1, 0.15) is 36.8 Å². The molecule has 150 valence electrons. The largest absolute Gasteiger partial charge is 0.461 e. The maximum atomic E-state index is 11.7. The second kappa shape index (κ2) is 12.6. The minimum absolute atomic E-state index is 0.139. The van der Waals surface area contributed by atoms with Crippen molar-refractivity contribution in [1.29, 1.82) is 0 Å². The Balaban J connectivity index is 1.48. The van der Waals surface area contributed by atoms with Gasteiger partial charge in [-0.3, -0.25) is 9.59 Å². The number of rotatable bonds is 12. The molecule has 6 nitrogen and oxygen atoms in total. The molecule has 6 heteroatoms. The van der Waals surface area contributed by atoms with E-state index in [-0.39, 0.29) is 44.6 Å². The van der Waals surface area contributed by atoms with Crippen molar-refractivity contribution < 1.29 is 23.8 Å². The van der Waals surface area contributed by atoms with Crippen molar-refractivity contribution in [2.45, 2.75) is 45.1 Å². The van der Waals surface area contributed by atoms with Crippen molar-refractivity contribution in [3.8, 4) is 0 Å². The smallest absolute Gasteiger partial charge is 0.308 e. The maximum Gasteiger partial charge on any atom is 0.308 e. The first-order valence-electron chi connectivity index (χ1n) is 9.40. The molecular weight excluding hydrogens is 358 g/mol. The van der Waals surface area contributed by atoms with Crippen LogP contribution in [0.15, 0.2) is 60.7 Å². The molecule has 0 aromatic heterocycles. The van der Waals surface area contributed by atoms with Gasteiger partial charge in [-0.05, 0) is 24.0 Å². The summed E-state index contributed by atoms with van der Waals surface area (Å²) < 4.78 is 15.8. The molecule has 0 heterocycles. The highest BCUT2D eigenvalue weighted by atomic mass is 16.5. The standard InChI is InChI=1S/C22H27NO5/c23-20(12-7-13-21(24)27-16-18-8-3-1-4-9-18)26-15-14-22(25)28-17-19-10-5-2-6-11-19/h1-6,8-11,20H,7,12-17,23H2. The van der Waals surface area contributed by atoms with Gasteiger partial charge in [0.05, 0.1) is 13.0 Å². The normalized spacial score (nSPS) is 11.6. The predicted molar refractivity (Wildman–Crippen MR) is 105 cm³/mol. The molecular formula is C22H27NO5. The van der Waals surface area contributed by atoms with Gasteiger partial charge in [-0.25, -0.2) is 0 Å². The Morgan fingerprint density at radius 3 is 1.82 bits per heavy atom. The van der Waals surface area contributed by atoms with E-state index in [2.05, 4.69) is 0 Å². The Bertz CT molecular complexity index is 644. The zero-order valence-corrected chi connectivity index (χ0v) is 15.9. The van der Waals surface area contributed by atoms with E-state index in [1.54, 1.807) is 0 Å². The van der Waals surface area contributed by atoms with E-state index >= 15 is 0 Å². The van der Waals surface area contributed by atoms with Gasteiger partial charge in [-0.2, -0.15) is 0 Å². The lowest BCUT2D eigenvalue weighted by molar-refractivity contribution is -0.146. The van der Waals surface area contributed by atoms with Crippen molar-refractivity contribution in [3.05, 3.63) is 71.8 Å². The van der Waals surface area contributed by atoms with Gasteiger partial charge < -0.3 is 19.9 Å². The van der Waals surface area contributed by atoms with Crippen LogP contribution in [0.4, 0.5) is 0 Å². The van der Waals surface area contributed by atoms with Crippen molar-refractivity contribution in [3.63, 3.8) is 0 Å². The monoisotopic (exact) mass is 385 g/mol. The minimum atomic E-state index is -0.524. The molecule has 2 rings (SSSR count). The zero-order valence-electron chi connectivity index (χ0n) is 15.9. The summed E-state index contributed by atoms with van der Waals surface area (Å²) in [6.07, 6.45) is 0.971. The van der Waals surface area contributed by atoms with E-state index in [1.807, 2.05) is 60.7 Å². The Hall–Kier alpha value is -2.70. The first-order chi connectivity index (χ1) is 13.6. The van der Waals surface area contributed by atoms with E-state index in [0.29, 0.717) is 12.8 Å². The molecule has 0 aliphatic heterocycles. The van der Waals surface area contributed by atoms with Crippen LogP contribution >= 0.6 is 0 Å². The van der Waals surface area contributed by atoms with E-state index in [0.717, 1.165) is 11.1 Å². The van der Waals surface area contributed by atoms with Crippen molar-refractivity contribution in [1.82, 2.24) is 0 Å². The van der Waals surface area contributed by atoms with Crippen LogP contribution < -0.4 is 5.73 Å². The van der Waals surface area contributed by atoms with Crippen LogP contribution in [-0.2, 0) is 37.0 Å². The van der Waals surface area contributed by atoms with Crippen molar-refractivity contribution in [2.24, 2.45) is 5.73 Å². The number of carbonyl (C=O) groups is 2. The molecule has 0 saturated carbocycles. The summed E-state index contributed by atoms with van der Waals surface area (Å²) in [5.41, 5.74) is 7.74. The number of hydrogen-bond acceptors (Lipinski definition) is 6. The highest BCUT2D eigenvalue weighted by molar-refractivity contribution is 5.69. The lowest BCUT2D eigenvalue weighted by Gasteiger charge is -2.12. The summed E-state index contributed by atoms with van der Waals surface area (Å²) in [5, 5.41) is 0. The van der Waals surface area contributed by atoms with Crippen LogP contribution in [-0.4, -0.2) is 24.8 Å². The average molecular weight is 385 g/mol. The van der Waals surface area contributed by atoms with Gasteiger partial charge in [0.15, 0.2) is 0 Å². The fourth-order valence-electron chi connectivity index (χ4n) is 2.45. The second-order valence-electron chi connectivity index (χ2n) is 6.34. The van der Waals surface area contributed by atoms with Crippen molar-refractivity contribution >= 4 is 11.9 Å². The third kappa shape index (κ3) is 9.30. The summed E-state index contributed by atoms with van der Waals surface area (Å²) in [6.45, 7) is 0.706. The van der Waals surface area contributed by atoms with E-state index in [9.17, 15) is 9.59 Å². The van der Waals surface area contributed by atoms with Gasteiger partial charge in [0, 0.05) is 6.42 Å². The van der Waals surface area contributed by atoms with E-state index < -0.39 is 6.23 Å². The van der Waals surface area contributed by atoms with Gasteiger partial charge in [-0.15, -0.1) is 0 Å². The zero-order chi connectivity index (χ0) is 20.0. The number of benzene rings is 2. The third-order valence-corrected chi connectivity index (χ3v) is 3.99. The Labute approximate surface area is 165 Å². The number of ether oxygens (including phenoxy) is 3. The molecule has 2 aromatic carbocycles. The second-order valence-corrected chi connectivity index (χ2v) is 6.34. The summed E-state index contributed by atoms with van der Waals surface area (Å²) >= 11 is 0. The van der Waals surface area contributed by atoms with Crippen LogP contribution in [0.2, 0.25) is 0 Å². The topological polar surface area (TPSA) is 87.9 Å². The SMILES string of the molecule is NC(CCCC(=O)OCc1ccccc1)OCCC(=O)OCc1ccccc1. The molecule has 0 aliphatic rings. The summed E-state index contributed by atoms with van der Waals surface area (Å²) in [6, 6.07) is 19.0. The third-order valence-electron chi connectivity index (χ3n) is 3.99. The molecule has 0 aliphatic carbocycles. The average Bonchev–Trinajstić information content (AvgIpc) is 2.72. The lowest BCUT2D eigenvalue weighted by atomic mass is 10.2. The van der Waals surface area contributed by atoms with E-state index in [4.69, 9.17) is 19.9 Å². The molecule has 0 radical (unpaired) electrons. The molecule has 0 amide bonds. The fourth-order valence-corrected chi connectivity index (χ4v) is 2.45. The van der Waals surface area contributed by atoms with Crippen LogP contribution in [0, 0.1) is 0 Å². The molecule has 0 bridgehead atoms. The summed E-state index contributed by atoms with van der Waals surface area (Å²) in [7, 11) is 0. The van der Waals surface area contributed by atoms with Gasteiger partial charge in [-0.1, -0.05) is 60.7 Å². The number of carbonyl (C=O) groups excluding carboxylic acids is 2. The van der Waals surface area contributed by atoms with Crippen LogP contribution in [0.5, 0.6) is 0 Å². The fraction of sp³-hybridized carbons (Fsp3) is 0.364. The highest BCUT2D eigenvalue weighted by Gasteiger charge is 2.09. The number of esters is 2. The molecule has 0 spiro atoms. The lowest BCUT2D eigenvalue weighted by Crippen LogP contribution is -2.25. The molecule has 1 unspecified atom stereocenters. The molecule has 28 heavy (non-hydrogen) atoms. The maximum absolute atomic E-state index is 11.7. The van der Waals surface area contributed by atoms with Gasteiger partial charge >= 0.3 is 11.9 Å². The Morgan fingerprint density at radius 1 is 0.786 bits per heavy atom. The minimum Gasteiger partial charge on any atom is -0.461 e. The van der Waals surface area contributed by atoms with Gasteiger partial charge in [0.1, 0.15) is 19.4 Å². The van der Waals surface area contributed by atoms with Gasteiger partial charge in [0.25, 0.3) is 0 Å². The molecule has 0 fully saturated rings. The summed E-state index contributed by atoms with van der Waals surface area (Å²) in [4.78, 5) is 23.4. The molecule has 2 N–H and O–H groups in total.